The molecule has 1 aromatic carbocycles. The van der Waals surface area contributed by atoms with Gasteiger partial charge in [0, 0.05) is 16.7 Å². The second-order valence-corrected chi connectivity index (χ2v) is 4.76. The maximum absolute atomic E-state index is 13.5. The van der Waals surface area contributed by atoms with E-state index in [4.69, 9.17) is 5.11 Å². The number of rotatable bonds is 3. The number of halogens is 1. The Morgan fingerprint density at radius 3 is 2.37 bits per heavy atom. The predicted molar refractivity (Wildman–Crippen MR) is 68.6 cm³/mol. The van der Waals surface area contributed by atoms with Gasteiger partial charge in [-0.1, -0.05) is 12.1 Å². The Bertz CT molecular complexity index is 573. The fourth-order valence-electron chi connectivity index (χ4n) is 2.30. The van der Waals surface area contributed by atoms with Crippen LogP contribution in [0.25, 0.3) is 0 Å². The second-order valence-electron chi connectivity index (χ2n) is 4.76. The third kappa shape index (κ3) is 2.72. The van der Waals surface area contributed by atoms with Crippen LogP contribution in [0.2, 0.25) is 0 Å². The molecule has 1 N–H and O–H groups in total. The Balaban J connectivity index is 2.41. The van der Waals surface area contributed by atoms with Gasteiger partial charge in [-0.2, -0.15) is 0 Å². The van der Waals surface area contributed by atoms with Crippen molar-refractivity contribution in [2.75, 3.05) is 0 Å². The average Bonchev–Trinajstić information content (AvgIpc) is 2.41. The number of carbonyl (C=O) groups is 2. The summed E-state index contributed by atoms with van der Waals surface area (Å²) < 4.78 is 13.5. The number of hydrogen-bond acceptors (Lipinski definition) is 2. The van der Waals surface area contributed by atoms with E-state index in [9.17, 15) is 14.0 Å². The monoisotopic (exact) mass is 262 g/mol. The molecule has 0 saturated carbocycles. The summed E-state index contributed by atoms with van der Waals surface area (Å²) in [5.74, 6) is -1.86. The van der Waals surface area contributed by atoms with Gasteiger partial charge in [0.2, 0.25) is 0 Å². The van der Waals surface area contributed by atoms with Gasteiger partial charge < -0.3 is 5.11 Å². The van der Waals surface area contributed by atoms with Crippen molar-refractivity contribution in [2.45, 2.75) is 32.6 Å². The smallest absolute Gasteiger partial charge is 0.331 e. The van der Waals surface area contributed by atoms with Crippen molar-refractivity contribution in [3.63, 3.8) is 0 Å². The van der Waals surface area contributed by atoms with Crippen LogP contribution in [0.1, 0.15) is 41.6 Å². The molecule has 0 spiro atoms. The molecular weight excluding hydrogens is 247 g/mol. The van der Waals surface area contributed by atoms with E-state index in [0.717, 1.165) is 12.8 Å². The molecule has 100 valence electrons. The first-order valence-electron chi connectivity index (χ1n) is 6.27. The topological polar surface area (TPSA) is 54.4 Å². The van der Waals surface area contributed by atoms with E-state index < -0.39 is 11.8 Å². The third-order valence-corrected chi connectivity index (χ3v) is 3.43. The second kappa shape index (κ2) is 5.34. The normalized spacial score (nSPS) is 15.5. The van der Waals surface area contributed by atoms with Gasteiger partial charge in [0.05, 0.1) is 0 Å². The molecule has 3 nitrogen and oxygen atoms in total. The highest BCUT2D eigenvalue weighted by Gasteiger charge is 2.24. The lowest BCUT2D eigenvalue weighted by Crippen LogP contribution is -2.16. The number of carbonyl (C=O) groups excluding carboxylic acids is 1. The molecule has 2 rings (SSSR count). The Morgan fingerprint density at radius 2 is 1.79 bits per heavy atom. The Labute approximate surface area is 110 Å². The van der Waals surface area contributed by atoms with Gasteiger partial charge in [-0.25, -0.2) is 9.18 Å². The van der Waals surface area contributed by atoms with Gasteiger partial charge in [-0.05, 0) is 44.2 Å². The van der Waals surface area contributed by atoms with Crippen molar-refractivity contribution in [3.05, 3.63) is 46.3 Å². The number of aryl methyl sites for hydroxylation is 1. The molecule has 0 saturated heterocycles. The molecule has 1 aliphatic rings. The first-order chi connectivity index (χ1) is 9.00. The first-order valence-corrected chi connectivity index (χ1v) is 6.27. The van der Waals surface area contributed by atoms with Crippen molar-refractivity contribution in [1.82, 2.24) is 0 Å². The minimum atomic E-state index is -1.05. The van der Waals surface area contributed by atoms with Crippen molar-refractivity contribution in [3.8, 4) is 0 Å². The largest absolute Gasteiger partial charge is 0.478 e. The van der Waals surface area contributed by atoms with Crippen LogP contribution < -0.4 is 0 Å². The maximum Gasteiger partial charge on any atom is 0.331 e. The lowest BCUT2D eigenvalue weighted by atomic mass is 9.87. The number of ketones is 1. The average molecular weight is 262 g/mol. The summed E-state index contributed by atoms with van der Waals surface area (Å²) in [6, 6.07) is 4.26. The van der Waals surface area contributed by atoms with Crippen molar-refractivity contribution < 1.29 is 19.1 Å². The zero-order valence-corrected chi connectivity index (χ0v) is 10.7. The first kappa shape index (κ1) is 13.5. The Morgan fingerprint density at radius 1 is 1.16 bits per heavy atom. The van der Waals surface area contributed by atoms with Crippen LogP contribution in [0.5, 0.6) is 0 Å². The number of benzene rings is 1. The van der Waals surface area contributed by atoms with Crippen LogP contribution in [-0.2, 0) is 4.79 Å². The molecule has 0 atom stereocenters. The van der Waals surface area contributed by atoms with Gasteiger partial charge in [0.1, 0.15) is 5.82 Å². The summed E-state index contributed by atoms with van der Waals surface area (Å²) in [7, 11) is 0. The number of aliphatic carboxylic acids is 1. The SMILES string of the molecule is Cc1ccc(C(=O)C2=C(C(=O)O)CCCC2)cc1F. The van der Waals surface area contributed by atoms with Crippen LogP contribution in [-0.4, -0.2) is 16.9 Å². The van der Waals surface area contributed by atoms with Gasteiger partial charge in [0.25, 0.3) is 0 Å². The molecule has 0 fully saturated rings. The van der Waals surface area contributed by atoms with Crippen molar-refractivity contribution >= 4 is 11.8 Å². The van der Waals surface area contributed by atoms with Crippen LogP contribution in [0, 0.1) is 12.7 Å². The molecule has 1 aliphatic carbocycles. The zero-order valence-electron chi connectivity index (χ0n) is 10.7. The van der Waals surface area contributed by atoms with E-state index in [-0.39, 0.29) is 16.9 Å². The van der Waals surface area contributed by atoms with Crippen LogP contribution in [0.15, 0.2) is 29.3 Å². The lowest BCUT2D eigenvalue weighted by Gasteiger charge is -2.16. The van der Waals surface area contributed by atoms with E-state index in [1.807, 2.05) is 0 Å². The highest BCUT2D eigenvalue weighted by atomic mass is 19.1. The molecule has 1 aromatic rings. The highest BCUT2D eigenvalue weighted by Crippen LogP contribution is 2.28. The molecule has 0 aliphatic heterocycles. The molecule has 0 bridgehead atoms. The number of carboxylic acids is 1. The predicted octanol–water partition coefficient (Wildman–Crippen LogP) is 3.27. The summed E-state index contributed by atoms with van der Waals surface area (Å²) in [5, 5.41) is 9.12. The zero-order chi connectivity index (χ0) is 14.0. The number of carboxylic acid groups (broad SMARTS) is 1. The summed E-state index contributed by atoms with van der Waals surface area (Å²) in [6.07, 6.45) is 2.44. The number of allylic oxidation sites excluding steroid dienone is 1. The highest BCUT2D eigenvalue weighted by molar-refractivity contribution is 6.12. The van der Waals surface area contributed by atoms with Crippen molar-refractivity contribution in [1.29, 1.82) is 0 Å². The van der Waals surface area contributed by atoms with E-state index in [1.165, 1.54) is 12.1 Å². The molecule has 0 unspecified atom stereocenters. The van der Waals surface area contributed by atoms with Crippen LogP contribution in [0.3, 0.4) is 0 Å². The van der Waals surface area contributed by atoms with Crippen LogP contribution >= 0.6 is 0 Å². The third-order valence-electron chi connectivity index (χ3n) is 3.43. The molecule has 0 heterocycles. The fourth-order valence-corrected chi connectivity index (χ4v) is 2.30. The summed E-state index contributed by atoms with van der Waals surface area (Å²) >= 11 is 0. The molecule has 0 radical (unpaired) electrons. The standard InChI is InChI=1S/C15H15FO3/c1-9-6-7-10(8-13(9)16)14(17)11-4-2-3-5-12(11)15(18)19/h6-8H,2-5H2,1H3,(H,18,19). The minimum Gasteiger partial charge on any atom is -0.478 e. The minimum absolute atomic E-state index is 0.178. The van der Waals surface area contributed by atoms with E-state index in [1.54, 1.807) is 13.0 Å². The van der Waals surface area contributed by atoms with E-state index >= 15 is 0 Å². The number of Topliss-reactive ketones (excluding diaryl/α,β-unsaturated/α-hetero) is 1. The maximum atomic E-state index is 13.5. The fraction of sp³-hybridized carbons (Fsp3) is 0.333. The Hall–Kier alpha value is -1.97. The quantitative estimate of drug-likeness (QED) is 0.850. The summed E-state index contributed by atoms with van der Waals surface area (Å²) in [6.45, 7) is 1.62. The number of hydrogen-bond donors (Lipinski definition) is 1. The van der Waals surface area contributed by atoms with Gasteiger partial charge in [-0.3, -0.25) is 4.79 Å². The molecular formula is C15H15FO3. The van der Waals surface area contributed by atoms with E-state index in [2.05, 4.69) is 0 Å². The van der Waals surface area contributed by atoms with Crippen molar-refractivity contribution in [2.24, 2.45) is 0 Å². The molecule has 0 amide bonds. The van der Waals surface area contributed by atoms with Gasteiger partial charge in [-0.15, -0.1) is 0 Å². The molecule has 4 heteroatoms. The molecule has 19 heavy (non-hydrogen) atoms. The van der Waals surface area contributed by atoms with E-state index in [0.29, 0.717) is 24.0 Å². The molecule has 0 aromatic heterocycles. The Kier molecular flexibility index (Phi) is 3.79. The van der Waals surface area contributed by atoms with Gasteiger partial charge >= 0.3 is 5.97 Å². The summed E-state index contributed by atoms with van der Waals surface area (Å²) in [4.78, 5) is 23.4. The lowest BCUT2D eigenvalue weighted by molar-refractivity contribution is -0.133. The van der Waals surface area contributed by atoms with Crippen LogP contribution in [0.4, 0.5) is 4.39 Å². The van der Waals surface area contributed by atoms with Gasteiger partial charge in [0.15, 0.2) is 5.78 Å². The summed E-state index contributed by atoms with van der Waals surface area (Å²) in [5.41, 5.74) is 1.19.